The molecule has 2 heterocycles. The third-order valence-electron chi connectivity index (χ3n) is 3.94. The van der Waals surface area contributed by atoms with Crippen molar-refractivity contribution < 1.29 is 9.90 Å². The Kier molecular flexibility index (Phi) is 2.75. The van der Waals surface area contributed by atoms with E-state index in [1.54, 1.807) is 23.4 Å². The molecule has 1 atom stereocenters. The molecule has 1 fully saturated rings. The number of amides is 2. The smallest absolute Gasteiger partial charge is 0.322 e. The summed E-state index contributed by atoms with van der Waals surface area (Å²) >= 11 is 0. The molecule has 1 aromatic heterocycles. The van der Waals surface area contributed by atoms with E-state index in [-0.39, 0.29) is 17.8 Å². The summed E-state index contributed by atoms with van der Waals surface area (Å²) in [5.74, 6) is 0.214. The van der Waals surface area contributed by atoms with Crippen molar-refractivity contribution in [1.82, 2.24) is 15.3 Å². The molecule has 0 radical (unpaired) electrons. The van der Waals surface area contributed by atoms with Crippen molar-refractivity contribution in [3.05, 3.63) is 54.4 Å². The number of carbonyl (C=O) groups is 1. The highest BCUT2D eigenvalue weighted by Crippen LogP contribution is 2.32. The molecule has 2 aromatic carbocycles. The van der Waals surface area contributed by atoms with Gasteiger partial charge >= 0.3 is 6.03 Å². The van der Waals surface area contributed by atoms with Crippen molar-refractivity contribution in [3.63, 3.8) is 0 Å². The number of hydrogen-bond donors (Lipinski definition) is 3. The minimum atomic E-state index is -0.128. The number of fused-ring (bicyclic) bond motifs is 1. The molecule has 110 valence electrons. The van der Waals surface area contributed by atoms with Crippen LogP contribution in [0.1, 0.15) is 11.6 Å². The van der Waals surface area contributed by atoms with Crippen LogP contribution in [0.15, 0.2) is 48.8 Å². The van der Waals surface area contributed by atoms with Crippen molar-refractivity contribution in [2.45, 2.75) is 6.04 Å². The summed E-state index contributed by atoms with van der Waals surface area (Å²) < 4.78 is 0. The second-order valence-corrected chi connectivity index (χ2v) is 5.27. The van der Waals surface area contributed by atoms with Gasteiger partial charge in [-0.15, -0.1) is 0 Å². The maximum absolute atomic E-state index is 12.2. The average Bonchev–Trinajstić information content (AvgIpc) is 3.13. The second kappa shape index (κ2) is 4.77. The fourth-order valence-electron chi connectivity index (χ4n) is 2.84. The molecule has 4 rings (SSSR count). The molecule has 1 unspecified atom stereocenters. The molecule has 0 saturated carbocycles. The van der Waals surface area contributed by atoms with Crippen LogP contribution in [-0.2, 0) is 0 Å². The number of nitrogens with zero attached hydrogens (tertiary/aromatic N) is 2. The van der Waals surface area contributed by atoms with Gasteiger partial charge < -0.3 is 15.4 Å². The summed E-state index contributed by atoms with van der Waals surface area (Å²) in [5.41, 5.74) is 3.54. The van der Waals surface area contributed by atoms with E-state index < -0.39 is 0 Å². The Morgan fingerprint density at radius 1 is 1.18 bits per heavy atom. The van der Waals surface area contributed by atoms with Crippen molar-refractivity contribution in [1.29, 1.82) is 0 Å². The normalized spacial score (nSPS) is 17.9. The molecule has 6 nitrogen and oxygen atoms in total. The Hall–Kier alpha value is -3.02. The number of nitrogens with one attached hydrogen (secondary N) is 2. The predicted molar refractivity (Wildman–Crippen MR) is 82.8 cm³/mol. The van der Waals surface area contributed by atoms with Crippen LogP contribution in [0.2, 0.25) is 0 Å². The molecule has 0 spiro atoms. The van der Waals surface area contributed by atoms with Gasteiger partial charge in [0, 0.05) is 12.2 Å². The highest BCUT2D eigenvalue weighted by molar-refractivity contribution is 5.97. The first-order valence-corrected chi connectivity index (χ1v) is 7.01. The SMILES string of the molecule is O=C1NCC([13c]2[13cH][13cH][13c](O)[13cH][13cH]2)N1c1ccc2nc[nH]c2c1. The fourth-order valence-corrected chi connectivity index (χ4v) is 2.84. The fraction of sp³-hybridized carbons (Fsp3) is 0.125. The maximum Gasteiger partial charge on any atom is 0.322 e. The Morgan fingerprint density at radius 3 is 2.82 bits per heavy atom. The zero-order chi connectivity index (χ0) is 15.1. The van der Waals surface area contributed by atoms with Crippen molar-refractivity contribution in [2.75, 3.05) is 11.4 Å². The number of phenolic OH excluding ortho intramolecular Hbond substituents is 1. The average molecular weight is 300 g/mol. The van der Waals surface area contributed by atoms with Crippen LogP contribution in [0.5, 0.6) is 5.75 Å². The van der Waals surface area contributed by atoms with Crippen LogP contribution in [0.25, 0.3) is 11.0 Å². The summed E-state index contributed by atoms with van der Waals surface area (Å²) in [7, 11) is 0. The Balaban J connectivity index is 1.76. The number of hydrogen-bond acceptors (Lipinski definition) is 3. The van der Waals surface area contributed by atoms with Crippen LogP contribution >= 0.6 is 0 Å². The number of imidazole rings is 1. The van der Waals surface area contributed by atoms with Crippen LogP contribution < -0.4 is 10.2 Å². The van der Waals surface area contributed by atoms with Gasteiger partial charge in [-0.05, 0) is 35.9 Å². The minimum absolute atomic E-state index is 0.103. The maximum atomic E-state index is 12.2. The minimum Gasteiger partial charge on any atom is -0.508 e. The Bertz CT molecular complexity index is 841. The van der Waals surface area contributed by atoms with E-state index >= 15 is 0 Å². The van der Waals surface area contributed by atoms with Crippen molar-refractivity contribution in [3.8, 4) is 5.75 Å². The Morgan fingerprint density at radius 2 is 2.00 bits per heavy atom. The molecule has 6 heteroatoms. The lowest BCUT2D eigenvalue weighted by molar-refractivity contribution is 0.251. The van der Waals surface area contributed by atoms with Gasteiger partial charge in [-0.1, -0.05) is 12.1 Å². The van der Waals surface area contributed by atoms with E-state index in [0.29, 0.717) is 6.54 Å². The van der Waals surface area contributed by atoms with Gasteiger partial charge in [0.05, 0.1) is 23.4 Å². The highest BCUT2D eigenvalue weighted by Gasteiger charge is 2.33. The zero-order valence-electron chi connectivity index (χ0n) is 11.7. The number of carbonyl (C=O) groups excluding carboxylic acids is 1. The topological polar surface area (TPSA) is 81.2 Å². The molecule has 1 aliphatic rings. The molecular formula is C16H14N4O2. The number of urea groups is 1. The quantitative estimate of drug-likeness (QED) is 0.680. The molecule has 1 saturated heterocycles. The van der Waals surface area contributed by atoms with Gasteiger partial charge in [0.25, 0.3) is 0 Å². The first kappa shape index (κ1) is 12.7. The molecule has 0 aliphatic carbocycles. The third-order valence-corrected chi connectivity index (χ3v) is 3.94. The number of benzene rings is 2. The standard InChI is InChI=1S/C16H14N4O2/c21-12-4-1-10(2-5-12)15-8-17-16(22)20(15)11-3-6-13-14(7-11)19-9-18-13/h1-7,9,15,21H,8H2,(H,17,22)(H,18,19)/i1+1,2+1,4+1,5+1,10+1,12+1. The lowest BCUT2D eigenvalue weighted by Crippen LogP contribution is -2.29. The molecule has 2 amide bonds. The van der Waals surface area contributed by atoms with Crippen LogP contribution in [-0.4, -0.2) is 27.7 Å². The predicted octanol–water partition coefficient (Wildman–Crippen LogP) is 2.54. The van der Waals surface area contributed by atoms with Gasteiger partial charge in [0.2, 0.25) is 0 Å². The summed E-state index contributed by atoms with van der Waals surface area (Å²) in [6.07, 6.45) is 1.63. The number of rotatable bonds is 2. The monoisotopic (exact) mass is 300 g/mol. The van der Waals surface area contributed by atoms with Crippen molar-refractivity contribution in [2.24, 2.45) is 0 Å². The van der Waals surface area contributed by atoms with Crippen LogP contribution in [0.3, 0.4) is 0 Å². The summed E-state index contributed by atoms with van der Waals surface area (Å²) in [5, 5.41) is 12.3. The number of aromatic nitrogens is 2. The van der Waals surface area contributed by atoms with Crippen LogP contribution in [0.4, 0.5) is 10.5 Å². The summed E-state index contributed by atoms with van der Waals surface area (Å²) in [4.78, 5) is 21.2. The molecule has 1 aliphatic heterocycles. The van der Waals surface area contributed by atoms with E-state index in [9.17, 15) is 9.90 Å². The van der Waals surface area contributed by atoms with Gasteiger partial charge in [-0.2, -0.15) is 0 Å². The van der Waals surface area contributed by atoms with E-state index in [1.807, 2.05) is 30.3 Å². The van der Waals surface area contributed by atoms with Crippen molar-refractivity contribution >= 4 is 22.8 Å². The van der Waals surface area contributed by atoms with E-state index in [0.717, 1.165) is 22.3 Å². The molecular weight excluding hydrogens is 286 g/mol. The Labute approximate surface area is 126 Å². The molecule has 3 N–H and O–H groups in total. The summed E-state index contributed by atoms with van der Waals surface area (Å²) in [6.45, 7) is 0.532. The molecule has 3 aromatic rings. The van der Waals surface area contributed by atoms with E-state index in [2.05, 4.69) is 15.3 Å². The van der Waals surface area contributed by atoms with E-state index in [4.69, 9.17) is 0 Å². The lowest BCUT2D eigenvalue weighted by atomic mass is 10.2. The number of aromatic amines is 1. The van der Waals surface area contributed by atoms with Gasteiger partial charge in [-0.25, -0.2) is 9.78 Å². The van der Waals surface area contributed by atoms with Gasteiger partial charge in [0.15, 0.2) is 0 Å². The zero-order valence-corrected chi connectivity index (χ0v) is 11.7. The second-order valence-electron chi connectivity index (χ2n) is 5.27. The third kappa shape index (κ3) is 1.96. The number of phenols is 1. The largest absolute Gasteiger partial charge is 0.508 e. The van der Waals surface area contributed by atoms with Crippen LogP contribution in [0, 0.1) is 0 Å². The first-order valence-electron chi connectivity index (χ1n) is 7.01. The lowest BCUT2D eigenvalue weighted by Gasteiger charge is -2.23. The first-order chi connectivity index (χ1) is 10.7. The molecule has 22 heavy (non-hydrogen) atoms. The highest BCUT2D eigenvalue weighted by atomic mass is 16.3. The number of aromatic hydroxyl groups is 1. The number of H-pyrrole nitrogens is 1. The van der Waals surface area contributed by atoms with Gasteiger partial charge in [-0.3, -0.25) is 4.90 Å². The molecule has 0 bridgehead atoms. The summed E-state index contributed by atoms with van der Waals surface area (Å²) in [6, 6.07) is 12.4. The van der Waals surface area contributed by atoms with Gasteiger partial charge in [0.1, 0.15) is 5.75 Å². The van der Waals surface area contributed by atoms with E-state index in [1.165, 1.54) is 0 Å². The number of anilines is 1.